The van der Waals surface area contributed by atoms with E-state index in [0.29, 0.717) is 13.2 Å². The van der Waals surface area contributed by atoms with Crippen LogP contribution in [0.3, 0.4) is 0 Å². The minimum Gasteiger partial charge on any atom is -0.375 e. The molecule has 1 aliphatic heterocycles. The number of pyridine rings is 1. The Bertz CT molecular complexity index is 717. The largest absolute Gasteiger partial charge is 0.375 e. The second-order valence-corrected chi connectivity index (χ2v) is 6.75. The van der Waals surface area contributed by atoms with Crippen molar-refractivity contribution in [2.24, 2.45) is 7.05 Å². The highest BCUT2D eigenvalue weighted by Gasteiger charge is 2.37. The van der Waals surface area contributed by atoms with Gasteiger partial charge < -0.3 is 19.9 Å². The van der Waals surface area contributed by atoms with E-state index in [2.05, 4.69) is 20.3 Å². The van der Waals surface area contributed by atoms with Crippen molar-refractivity contribution in [3.63, 3.8) is 0 Å². The van der Waals surface area contributed by atoms with Crippen LogP contribution in [0.5, 0.6) is 0 Å². The van der Waals surface area contributed by atoms with Crippen LogP contribution in [0, 0.1) is 0 Å². The van der Waals surface area contributed by atoms with E-state index in [1.54, 1.807) is 17.1 Å². The number of aromatic nitrogens is 3. The lowest BCUT2D eigenvalue weighted by Gasteiger charge is -2.41. The highest BCUT2D eigenvalue weighted by molar-refractivity contribution is 5.81. The lowest BCUT2D eigenvalue weighted by molar-refractivity contribution is -0.146. The Balaban J connectivity index is 1.76. The van der Waals surface area contributed by atoms with Gasteiger partial charge in [0, 0.05) is 44.3 Å². The molecule has 3 rings (SSSR count). The third-order valence-electron chi connectivity index (χ3n) is 4.39. The lowest BCUT2D eigenvalue weighted by atomic mass is 10.0. The second-order valence-electron chi connectivity index (χ2n) is 6.75. The van der Waals surface area contributed by atoms with Gasteiger partial charge in [0.1, 0.15) is 0 Å². The molecule has 0 aliphatic carbocycles. The summed E-state index contributed by atoms with van der Waals surface area (Å²) in [4.78, 5) is 21.0. The van der Waals surface area contributed by atoms with E-state index in [0.717, 1.165) is 17.8 Å². The maximum atomic E-state index is 12.9. The van der Waals surface area contributed by atoms with E-state index in [1.807, 2.05) is 50.6 Å². The molecule has 1 fully saturated rings. The van der Waals surface area contributed by atoms with Gasteiger partial charge in [-0.05, 0) is 26.2 Å². The maximum Gasteiger partial charge on any atom is 0.242 e. The number of nitrogens with one attached hydrogen (secondary N) is 1. The Kier molecular flexibility index (Phi) is 5.85. The predicted octanol–water partition coefficient (Wildman–Crippen LogP) is 0.757. The zero-order valence-corrected chi connectivity index (χ0v) is 15.5. The summed E-state index contributed by atoms with van der Waals surface area (Å²) in [5.74, 6) is 0.0368. The zero-order valence-electron chi connectivity index (χ0n) is 15.5. The number of likely N-dealkylation sites (N-methyl/N-ethyl adjacent to an activating group) is 1. The Hall–Kier alpha value is -2.45. The number of nitrogens with zero attached hydrogens (tertiary/aromatic N) is 5. The fourth-order valence-corrected chi connectivity index (χ4v) is 3.26. The molecule has 0 radical (unpaired) electrons. The number of carbonyl (C=O) groups excluding carboxylic acids is 1. The number of carbonyl (C=O) groups is 1. The van der Waals surface area contributed by atoms with Crippen molar-refractivity contribution in [1.82, 2.24) is 24.6 Å². The molecule has 1 N–H and O–H groups in total. The number of morpholine rings is 1. The average Bonchev–Trinajstić information content (AvgIpc) is 3.06. The van der Waals surface area contributed by atoms with Gasteiger partial charge in [-0.1, -0.05) is 0 Å². The van der Waals surface area contributed by atoms with Gasteiger partial charge in [0.05, 0.1) is 37.2 Å². The second kappa shape index (κ2) is 8.29. The SMILES string of the molecule is CN(C)C[C@@H]1OCCN(C(=O)CNc2cccnc2)[C@H]1c1cnn(C)c1. The van der Waals surface area contributed by atoms with Crippen molar-refractivity contribution in [3.05, 3.63) is 42.5 Å². The molecule has 1 saturated heterocycles. The minimum atomic E-state index is -0.150. The van der Waals surface area contributed by atoms with Gasteiger partial charge in [-0.3, -0.25) is 14.5 Å². The van der Waals surface area contributed by atoms with Crippen LogP contribution in [0.25, 0.3) is 0 Å². The molecule has 2 aromatic rings. The monoisotopic (exact) mass is 358 g/mol. The summed E-state index contributed by atoms with van der Waals surface area (Å²) in [7, 11) is 5.90. The van der Waals surface area contributed by atoms with Gasteiger partial charge in [0.25, 0.3) is 0 Å². The summed E-state index contributed by atoms with van der Waals surface area (Å²) in [6.07, 6.45) is 7.10. The number of amides is 1. The normalized spacial score (nSPS) is 20.4. The molecular weight excluding hydrogens is 332 g/mol. The lowest BCUT2D eigenvalue weighted by Crippen LogP contribution is -2.52. The smallest absolute Gasteiger partial charge is 0.242 e. The third-order valence-corrected chi connectivity index (χ3v) is 4.39. The molecule has 0 aromatic carbocycles. The summed E-state index contributed by atoms with van der Waals surface area (Å²) >= 11 is 0. The molecule has 140 valence electrons. The van der Waals surface area contributed by atoms with Crippen LogP contribution >= 0.6 is 0 Å². The Labute approximate surface area is 153 Å². The number of hydrogen-bond donors (Lipinski definition) is 1. The zero-order chi connectivity index (χ0) is 18.5. The van der Waals surface area contributed by atoms with Crippen LogP contribution in [0.4, 0.5) is 5.69 Å². The first-order chi connectivity index (χ1) is 12.5. The third kappa shape index (κ3) is 4.39. The van der Waals surface area contributed by atoms with Crippen LogP contribution in [0.1, 0.15) is 11.6 Å². The fourth-order valence-electron chi connectivity index (χ4n) is 3.26. The molecule has 0 unspecified atom stereocenters. The fraction of sp³-hybridized carbons (Fsp3) is 0.500. The van der Waals surface area contributed by atoms with E-state index in [1.165, 1.54) is 0 Å². The van der Waals surface area contributed by atoms with Crippen molar-refractivity contribution in [2.45, 2.75) is 12.1 Å². The molecule has 8 nitrogen and oxygen atoms in total. The summed E-state index contributed by atoms with van der Waals surface area (Å²) in [6.45, 7) is 2.06. The molecule has 2 aromatic heterocycles. The van der Waals surface area contributed by atoms with Crippen molar-refractivity contribution in [2.75, 3.05) is 45.7 Å². The topological polar surface area (TPSA) is 75.5 Å². The Morgan fingerprint density at radius 2 is 2.27 bits per heavy atom. The van der Waals surface area contributed by atoms with Crippen molar-refractivity contribution in [3.8, 4) is 0 Å². The molecular formula is C18H26N6O2. The van der Waals surface area contributed by atoms with Crippen LogP contribution in [0.15, 0.2) is 36.9 Å². The van der Waals surface area contributed by atoms with Crippen molar-refractivity contribution < 1.29 is 9.53 Å². The standard InChI is InChI=1S/C18H26N6O2/c1-22(2)13-16-18(14-9-21-23(3)12-14)24(7-8-26-16)17(25)11-20-15-5-4-6-19-10-15/h4-6,9-10,12,16,18,20H,7-8,11,13H2,1-3H3/t16-,18-/m0/s1. The number of anilines is 1. The first-order valence-electron chi connectivity index (χ1n) is 8.73. The number of rotatable bonds is 6. The van der Waals surface area contributed by atoms with Gasteiger partial charge in [-0.15, -0.1) is 0 Å². The van der Waals surface area contributed by atoms with E-state index in [-0.39, 0.29) is 24.6 Å². The van der Waals surface area contributed by atoms with E-state index < -0.39 is 0 Å². The van der Waals surface area contributed by atoms with Crippen LogP contribution in [-0.2, 0) is 16.6 Å². The molecule has 0 bridgehead atoms. The van der Waals surface area contributed by atoms with Gasteiger partial charge >= 0.3 is 0 Å². The van der Waals surface area contributed by atoms with Gasteiger partial charge in [-0.2, -0.15) is 5.10 Å². The summed E-state index contributed by atoms with van der Waals surface area (Å²) in [6, 6.07) is 3.59. The first-order valence-corrected chi connectivity index (χ1v) is 8.73. The Morgan fingerprint density at radius 3 is 2.92 bits per heavy atom. The first kappa shape index (κ1) is 18.3. The molecule has 3 heterocycles. The molecule has 1 aliphatic rings. The summed E-state index contributed by atoms with van der Waals surface area (Å²) in [5, 5.41) is 7.43. The van der Waals surface area contributed by atoms with Crippen LogP contribution in [0.2, 0.25) is 0 Å². The van der Waals surface area contributed by atoms with Crippen molar-refractivity contribution in [1.29, 1.82) is 0 Å². The van der Waals surface area contributed by atoms with Crippen LogP contribution < -0.4 is 5.32 Å². The molecule has 26 heavy (non-hydrogen) atoms. The molecule has 0 spiro atoms. The van der Waals surface area contributed by atoms with Crippen LogP contribution in [-0.4, -0.2) is 76.9 Å². The molecule has 8 heteroatoms. The predicted molar refractivity (Wildman–Crippen MR) is 98.7 cm³/mol. The van der Waals surface area contributed by atoms with E-state index in [4.69, 9.17) is 4.74 Å². The quantitative estimate of drug-likeness (QED) is 0.822. The summed E-state index contributed by atoms with van der Waals surface area (Å²) < 4.78 is 7.76. The molecule has 0 saturated carbocycles. The van der Waals surface area contributed by atoms with Gasteiger partial charge in [0.2, 0.25) is 5.91 Å². The molecule has 1 amide bonds. The maximum absolute atomic E-state index is 12.9. The van der Waals surface area contributed by atoms with E-state index >= 15 is 0 Å². The Morgan fingerprint density at radius 1 is 1.42 bits per heavy atom. The highest BCUT2D eigenvalue weighted by atomic mass is 16.5. The molecule has 2 atom stereocenters. The van der Waals surface area contributed by atoms with Gasteiger partial charge in [0.15, 0.2) is 0 Å². The average molecular weight is 358 g/mol. The minimum absolute atomic E-state index is 0.0368. The number of aryl methyl sites for hydroxylation is 1. The number of ether oxygens (including phenoxy) is 1. The van der Waals surface area contributed by atoms with Crippen molar-refractivity contribution >= 4 is 11.6 Å². The van der Waals surface area contributed by atoms with E-state index in [9.17, 15) is 4.79 Å². The summed E-state index contributed by atoms with van der Waals surface area (Å²) in [5.41, 5.74) is 1.82. The highest BCUT2D eigenvalue weighted by Crippen LogP contribution is 2.30. The van der Waals surface area contributed by atoms with Gasteiger partial charge in [-0.25, -0.2) is 0 Å². The number of hydrogen-bond acceptors (Lipinski definition) is 6.